The monoisotopic (exact) mass is 238 g/mol. The van der Waals surface area contributed by atoms with E-state index in [9.17, 15) is 0 Å². The van der Waals surface area contributed by atoms with Crippen LogP contribution in [0, 0.1) is 6.92 Å². The molecule has 1 aromatic heterocycles. The number of nitrogen functional groups attached to an aromatic ring is 1. The first-order valence-corrected chi connectivity index (χ1v) is 5.87. The first-order chi connectivity index (χ1) is 8.74. The number of fused-ring (bicyclic) bond motifs is 1. The normalized spacial score (nSPS) is 10.9. The van der Waals surface area contributed by atoms with Crippen LogP contribution in [0.4, 0.5) is 5.69 Å². The second-order valence-corrected chi connectivity index (χ2v) is 4.44. The highest BCUT2D eigenvalue weighted by Gasteiger charge is 2.06. The average Bonchev–Trinajstić information content (AvgIpc) is 2.78. The highest BCUT2D eigenvalue weighted by Crippen LogP contribution is 2.17. The molecule has 0 aliphatic heterocycles. The first kappa shape index (κ1) is 10.8. The number of nitrogens with two attached hydrogens (primary N) is 1. The number of anilines is 1. The standard InChI is InChI=1S/C14H14N4/c1-10-6-7-12(15)11(8-10)9-18-14-5-3-2-4-13(14)16-17-18/h2-8H,9,15H2,1H3. The Morgan fingerprint density at radius 2 is 2.00 bits per heavy atom. The second kappa shape index (κ2) is 4.14. The van der Waals surface area contributed by atoms with Gasteiger partial charge in [-0.05, 0) is 30.7 Å². The molecular formula is C14H14N4. The molecule has 18 heavy (non-hydrogen) atoms. The Bertz CT molecular complexity index is 700. The molecule has 0 saturated carbocycles. The molecule has 3 rings (SSSR count). The number of benzene rings is 2. The number of hydrogen-bond acceptors (Lipinski definition) is 3. The predicted octanol–water partition coefficient (Wildman–Crippen LogP) is 2.37. The van der Waals surface area contributed by atoms with Gasteiger partial charge >= 0.3 is 0 Å². The molecule has 0 aliphatic rings. The van der Waals surface area contributed by atoms with E-state index in [0.717, 1.165) is 22.3 Å². The van der Waals surface area contributed by atoms with E-state index in [0.29, 0.717) is 6.54 Å². The van der Waals surface area contributed by atoms with Crippen molar-refractivity contribution in [2.45, 2.75) is 13.5 Å². The molecule has 0 radical (unpaired) electrons. The summed E-state index contributed by atoms with van der Waals surface area (Å²) in [5.41, 5.74) is 11.0. The molecule has 0 fully saturated rings. The maximum atomic E-state index is 5.99. The van der Waals surface area contributed by atoms with Gasteiger partial charge in [-0.2, -0.15) is 0 Å². The Labute approximate surface area is 105 Å². The van der Waals surface area contributed by atoms with Crippen LogP contribution in [0.5, 0.6) is 0 Å². The summed E-state index contributed by atoms with van der Waals surface area (Å²) < 4.78 is 1.88. The summed E-state index contributed by atoms with van der Waals surface area (Å²) >= 11 is 0. The quantitative estimate of drug-likeness (QED) is 0.697. The molecule has 1 heterocycles. The summed E-state index contributed by atoms with van der Waals surface area (Å²) in [6.07, 6.45) is 0. The van der Waals surface area contributed by atoms with Gasteiger partial charge < -0.3 is 5.73 Å². The van der Waals surface area contributed by atoms with Crippen molar-refractivity contribution in [1.29, 1.82) is 0 Å². The number of para-hydroxylation sites is 1. The Morgan fingerprint density at radius 3 is 2.89 bits per heavy atom. The van der Waals surface area contributed by atoms with Crippen LogP contribution < -0.4 is 5.73 Å². The molecule has 4 heteroatoms. The van der Waals surface area contributed by atoms with E-state index in [1.165, 1.54) is 5.56 Å². The van der Waals surface area contributed by atoms with Crippen LogP contribution in [0.3, 0.4) is 0 Å². The Kier molecular flexibility index (Phi) is 2.48. The third kappa shape index (κ3) is 1.82. The molecule has 0 amide bonds. The van der Waals surface area contributed by atoms with Gasteiger partial charge in [-0.1, -0.05) is 35.0 Å². The van der Waals surface area contributed by atoms with Crippen molar-refractivity contribution in [1.82, 2.24) is 15.0 Å². The predicted molar refractivity (Wildman–Crippen MR) is 72.2 cm³/mol. The van der Waals surface area contributed by atoms with Crippen LogP contribution in [0.15, 0.2) is 42.5 Å². The van der Waals surface area contributed by atoms with Crippen molar-refractivity contribution in [3.63, 3.8) is 0 Å². The minimum absolute atomic E-state index is 0.647. The van der Waals surface area contributed by atoms with Crippen LogP contribution in [-0.4, -0.2) is 15.0 Å². The summed E-state index contributed by atoms with van der Waals surface area (Å²) in [4.78, 5) is 0. The van der Waals surface area contributed by atoms with Gasteiger partial charge in [0.1, 0.15) is 5.52 Å². The van der Waals surface area contributed by atoms with Gasteiger partial charge in [0.25, 0.3) is 0 Å². The zero-order chi connectivity index (χ0) is 12.5. The van der Waals surface area contributed by atoms with Crippen molar-refractivity contribution in [3.8, 4) is 0 Å². The van der Waals surface area contributed by atoms with Gasteiger partial charge in [-0.25, -0.2) is 4.68 Å². The van der Waals surface area contributed by atoms with Crippen molar-refractivity contribution in [2.24, 2.45) is 0 Å². The third-order valence-corrected chi connectivity index (χ3v) is 3.04. The lowest BCUT2D eigenvalue weighted by Crippen LogP contribution is -2.05. The number of nitrogens with zero attached hydrogens (tertiary/aromatic N) is 3. The molecule has 0 atom stereocenters. The molecule has 2 N–H and O–H groups in total. The summed E-state index contributed by atoms with van der Waals surface area (Å²) in [5, 5.41) is 8.31. The second-order valence-electron chi connectivity index (χ2n) is 4.44. The smallest absolute Gasteiger partial charge is 0.113 e. The van der Waals surface area contributed by atoms with Crippen LogP contribution in [0.25, 0.3) is 11.0 Å². The first-order valence-electron chi connectivity index (χ1n) is 5.87. The molecule has 2 aromatic carbocycles. The van der Waals surface area contributed by atoms with Gasteiger partial charge in [-0.3, -0.25) is 0 Å². The number of hydrogen-bond donors (Lipinski definition) is 1. The van der Waals surface area contributed by atoms with E-state index < -0.39 is 0 Å². The van der Waals surface area contributed by atoms with Gasteiger partial charge in [0, 0.05) is 5.69 Å². The summed E-state index contributed by atoms with van der Waals surface area (Å²) in [5.74, 6) is 0. The van der Waals surface area contributed by atoms with E-state index in [4.69, 9.17) is 5.73 Å². The molecule has 0 bridgehead atoms. The number of rotatable bonds is 2. The molecule has 3 aromatic rings. The van der Waals surface area contributed by atoms with E-state index >= 15 is 0 Å². The maximum Gasteiger partial charge on any atom is 0.113 e. The largest absolute Gasteiger partial charge is 0.398 e. The molecular weight excluding hydrogens is 224 g/mol. The van der Waals surface area contributed by atoms with E-state index in [-0.39, 0.29) is 0 Å². The lowest BCUT2D eigenvalue weighted by Gasteiger charge is -2.07. The average molecular weight is 238 g/mol. The van der Waals surface area contributed by atoms with Gasteiger partial charge in [-0.15, -0.1) is 5.10 Å². The Hall–Kier alpha value is -2.36. The van der Waals surface area contributed by atoms with Gasteiger partial charge in [0.05, 0.1) is 12.1 Å². The highest BCUT2D eigenvalue weighted by atomic mass is 15.4. The Morgan fingerprint density at radius 1 is 1.17 bits per heavy atom. The maximum absolute atomic E-state index is 5.99. The summed E-state index contributed by atoms with van der Waals surface area (Å²) in [6.45, 7) is 2.70. The lowest BCUT2D eigenvalue weighted by molar-refractivity contribution is 0.670. The molecule has 4 nitrogen and oxygen atoms in total. The fraction of sp³-hybridized carbons (Fsp3) is 0.143. The van der Waals surface area contributed by atoms with Crippen LogP contribution in [-0.2, 0) is 6.54 Å². The minimum Gasteiger partial charge on any atom is -0.398 e. The van der Waals surface area contributed by atoms with Gasteiger partial charge in [0.15, 0.2) is 0 Å². The SMILES string of the molecule is Cc1ccc(N)c(Cn2nnc3ccccc32)c1. The fourth-order valence-corrected chi connectivity index (χ4v) is 2.07. The van der Waals surface area contributed by atoms with Gasteiger partial charge in [0.2, 0.25) is 0 Å². The van der Waals surface area contributed by atoms with Crippen molar-refractivity contribution in [3.05, 3.63) is 53.6 Å². The van der Waals surface area contributed by atoms with E-state index in [1.54, 1.807) is 0 Å². The van der Waals surface area contributed by atoms with E-state index in [2.05, 4.69) is 23.3 Å². The topological polar surface area (TPSA) is 56.7 Å². The van der Waals surface area contributed by atoms with E-state index in [1.807, 2.05) is 41.1 Å². The van der Waals surface area contributed by atoms with Crippen molar-refractivity contribution in [2.75, 3.05) is 5.73 Å². The third-order valence-electron chi connectivity index (χ3n) is 3.04. The van der Waals surface area contributed by atoms with Crippen LogP contribution in [0.1, 0.15) is 11.1 Å². The summed E-state index contributed by atoms with van der Waals surface area (Å²) in [6, 6.07) is 14.0. The van der Waals surface area contributed by atoms with Crippen molar-refractivity contribution >= 4 is 16.7 Å². The fourth-order valence-electron chi connectivity index (χ4n) is 2.07. The minimum atomic E-state index is 0.647. The molecule has 0 unspecified atom stereocenters. The summed E-state index contributed by atoms with van der Waals surface area (Å²) in [7, 11) is 0. The molecule has 0 saturated heterocycles. The molecule has 0 spiro atoms. The molecule has 90 valence electrons. The van der Waals surface area contributed by atoms with Crippen LogP contribution in [0.2, 0.25) is 0 Å². The van der Waals surface area contributed by atoms with Crippen LogP contribution >= 0.6 is 0 Å². The van der Waals surface area contributed by atoms with Crippen molar-refractivity contribution < 1.29 is 0 Å². The number of aryl methyl sites for hydroxylation is 1. The highest BCUT2D eigenvalue weighted by molar-refractivity contribution is 5.74. The zero-order valence-corrected chi connectivity index (χ0v) is 10.2. The molecule has 0 aliphatic carbocycles. The lowest BCUT2D eigenvalue weighted by atomic mass is 10.1. The zero-order valence-electron chi connectivity index (χ0n) is 10.2. The number of aromatic nitrogens is 3. The Balaban J connectivity index is 2.04.